The third-order valence-corrected chi connectivity index (χ3v) is 4.35. The van der Waals surface area contributed by atoms with Crippen LogP contribution in [0.15, 0.2) is 18.3 Å². The standard InChI is InChI=1S/C15H26N4/c1-16-10-13-6-7-14(17-11-13)19(4)12-15(18(2)3)8-5-9-15/h6-7,11,16H,5,8-10,12H2,1-4H3. The number of aromatic nitrogens is 1. The summed E-state index contributed by atoms with van der Waals surface area (Å²) in [6.45, 7) is 1.93. The van der Waals surface area contributed by atoms with Crippen LogP contribution in [-0.4, -0.2) is 50.2 Å². The van der Waals surface area contributed by atoms with Gasteiger partial charge in [0.2, 0.25) is 0 Å². The molecule has 1 aromatic heterocycles. The Labute approximate surface area is 116 Å². The van der Waals surface area contributed by atoms with Crippen LogP contribution >= 0.6 is 0 Å². The Balaban J connectivity index is 2.01. The van der Waals surface area contributed by atoms with E-state index in [4.69, 9.17) is 0 Å². The van der Waals surface area contributed by atoms with Crippen LogP contribution in [0.1, 0.15) is 24.8 Å². The maximum atomic E-state index is 4.57. The highest BCUT2D eigenvalue weighted by Crippen LogP contribution is 2.37. The van der Waals surface area contributed by atoms with E-state index in [1.165, 1.54) is 24.8 Å². The zero-order chi connectivity index (χ0) is 13.9. The van der Waals surface area contributed by atoms with Crippen molar-refractivity contribution in [1.29, 1.82) is 0 Å². The van der Waals surface area contributed by atoms with Gasteiger partial charge in [-0.3, -0.25) is 0 Å². The zero-order valence-corrected chi connectivity index (χ0v) is 12.6. The number of hydrogen-bond acceptors (Lipinski definition) is 4. The van der Waals surface area contributed by atoms with Crippen molar-refractivity contribution in [3.05, 3.63) is 23.9 Å². The minimum Gasteiger partial charge on any atom is -0.358 e. The van der Waals surface area contributed by atoms with Crippen molar-refractivity contribution in [3.8, 4) is 0 Å². The molecule has 1 N–H and O–H groups in total. The molecule has 1 saturated carbocycles. The minimum absolute atomic E-state index is 0.347. The normalized spacial score (nSPS) is 17.3. The molecule has 1 aromatic rings. The SMILES string of the molecule is CNCc1ccc(N(C)CC2(N(C)C)CCC2)nc1. The highest BCUT2D eigenvalue weighted by atomic mass is 15.2. The first kappa shape index (κ1) is 14.3. The Bertz CT molecular complexity index is 395. The molecule has 1 fully saturated rings. The second kappa shape index (κ2) is 5.88. The molecular formula is C15H26N4. The molecule has 0 unspecified atom stereocenters. The van der Waals surface area contributed by atoms with Crippen molar-refractivity contribution in [3.63, 3.8) is 0 Å². The van der Waals surface area contributed by atoms with Gasteiger partial charge >= 0.3 is 0 Å². The van der Waals surface area contributed by atoms with E-state index in [1.54, 1.807) is 0 Å². The van der Waals surface area contributed by atoms with E-state index >= 15 is 0 Å². The lowest BCUT2D eigenvalue weighted by atomic mass is 9.75. The number of nitrogens with one attached hydrogen (secondary N) is 1. The average Bonchev–Trinajstić information content (AvgIpc) is 2.34. The van der Waals surface area contributed by atoms with Gasteiger partial charge in [0.05, 0.1) is 0 Å². The van der Waals surface area contributed by atoms with Gasteiger partial charge < -0.3 is 15.1 Å². The number of hydrogen-bond donors (Lipinski definition) is 1. The maximum Gasteiger partial charge on any atom is 0.128 e. The second-order valence-electron chi connectivity index (χ2n) is 5.88. The molecule has 0 atom stereocenters. The third-order valence-electron chi connectivity index (χ3n) is 4.35. The predicted molar refractivity (Wildman–Crippen MR) is 80.5 cm³/mol. The van der Waals surface area contributed by atoms with Gasteiger partial charge in [-0.05, 0) is 52.0 Å². The average molecular weight is 262 g/mol. The van der Waals surface area contributed by atoms with Crippen LogP contribution < -0.4 is 10.2 Å². The number of rotatable bonds is 6. The molecule has 106 valence electrons. The molecule has 1 aliphatic rings. The highest BCUT2D eigenvalue weighted by Gasteiger charge is 2.40. The summed E-state index contributed by atoms with van der Waals surface area (Å²) in [5, 5.41) is 3.14. The fourth-order valence-electron chi connectivity index (χ4n) is 2.81. The van der Waals surface area contributed by atoms with Crippen molar-refractivity contribution in [2.45, 2.75) is 31.3 Å². The van der Waals surface area contributed by atoms with Gasteiger partial charge in [-0.15, -0.1) is 0 Å². The molecule has 0 spiro atoms. The van der Waals surface area contributed by atoms with Crippen molar-refractivity contribution in [2.75, 3.05) is 39.6 Å². The van der Waals surface area contributed by atoms with Gasteiger partial charge in [-0.2, -0.15) is 0 Å². The summed E-state index contributed by atoms with van der Waals surface area (Å²) < 4.78 is 0. The minimum atomic E-state index is 0.347. The van der Waals surface area contributed by atoms with Gasteiger partial charge in [0, 0.05) is 31.9 Å². The number of nitrogens with zero attached hydrogens (tertiary/aromatic N) is 3. The molecule has 0 aromatic carbocycles. The first-order valence-electron chi connectivity index (χ1n) is 7.05. The van der Waals surface area contributed by atoms with Crippen molar-refractivity contribution >= 4 is 5.82 Å². The molecule has 0 bridgehead atoms. The number of pyridine rings is 1. The molecule has 0 aliphatic heterocycles. The summed E-state index contributed by atoms with van der Waals surface area (Å²) >= 11 is 0. The summed E-state index contributed by atoms with van der Waals surface area (Å²) in [6.07, 6.45) is 5.90. The first-order chi connectivity index (χ1) is 9.07. The Morgan fingerprint density at radius 3 is 2.42 bits per heavy atom. The van der Waals surface area contributed by atoms with Crippen LogP contribution in [0.5, 0.6) is 0 Å². The van der Waals surface area contributed by atoms with Crippen LogP contribution in [-0.2, 0) is 6.54 Å². The molecule has 4 nitrogen and oxygen atoms in total. The predicted octanol–water partition coefficient (Wildman–Crippen LogP) is 1.72. The lowest BCUT2D eigenvalue weighted by Crippen LogP contribution is -2.56. The van der Waals surface area contributed by atoms with Crippen LogP contribution in [0.4, 0.5) is 5.82 Å². The molecule has 2 rings (SSSR count). The lowest BCUT2D eigenvalue weighted by Gasteiger charge is -2.49. The lowest BCUT2D eigenvalue weighted by molar-refractivity contribution is 0.0682. The molecule has 0 saturated heterocycles. The molecule has 1 aliphatic carbocycles. The summed E-state index contributed by atoms with van der Waals surface area (Å²) in [5.74, 6) is 1.06. The molecule has 1 heterocycles. The molecular weight excluding hydrogens is 236 g/mol. The van der Waals surface area contributed by atoms with E-state index < -0.39 is 0 Å². The fraction of sp³-hybridized carbons (Fsp3) is 0.667. The highest BCUT2D eigenvalue weighted by molar-refractivity contribution is 5.39. The largest absolute Gasteiger partial charge is 0.358 e. The van der Waals surface area contributed by atoms with Gasteiger partial charge in [0.15, 0.2) is 0 Å². The maximum absolute atomic E-state index is 4.57. The van der Waals surface area contributed by atoms with Crippen LogP contribution in [0, 0.1) is 0 Å². The quantitative estimate of drug-likeness (QED) is 0.846. The van der Waals surface area contributed by atoms with Crippen molar-refractivity contribution in [1.82, 2.24) is 15.2 Å². The van der Waals surface area contributed by atoms with E-state index in [9.17, 15) is 0 Å². The summed E-state index contributed by atoms with van der Waals surface area (Å²) in [6, 6.07) is 4.27. The Morgan fingerprint density at radius 1 is 1.26 bits per heavy atom. The first-order valence-corrected chi connectivity index (χ1v) is 7.05. The molecule has 19 heavy (non-hydrogen) atoms. The van der Waals surface area contributed by atoms with Crippen molar-refractivity contribution < 1.29 is 0 Å². The van der Waals surface area contributed by atoms with Gasteiger partial charge in [0.1, 0.15) is 5.82 Å². The monoisotopic (exact) mass is 262 g/mol. The second-order valence-corrected chi connectivity index (χ2v) is 5.88. The van der Waals surface area contributed by atoms with Crippen LogP contribution in [0.2, 0.25) is 0 Å². The van der Waals surface area contributed by atoms with Gasteiger partial charge in [-0.1, -0.05) is 6.07 Å². The zero-order valence-electron chi connectivity index (χ0n) is 12.6. The van der Waals surface area contributed by atoms with Crippen LogP contribution in [0.3, 0.4) is 0 Å². The van der Waals surface area contributed by atoms with E-state index in [-0.39, 0.29) is 0 Å². The fourth-order valence-corrected chi connectivity index (χ4v) is 2.81. The number of anilines is 1. The Kier molecular flexibility index (Phi) is 4.42. The van der Waals surface area contributed by atoms with E-state index in [1.807, 2.05) is 13.2 Å². The summed E-state index contributed by atoms with van der Waals surface area (Å²) in [7, 11) is 8.48. The molecule has 0 amide bonds. The van der Waals surface area contributed by atoms with E-state index in [0.717, 1.165) is 18.9 Å². The van der Waals surface area contributed by atoms with Crippen LogP contribution in [0.25, 0.3) is 0 Å². The Morgan fingerprint density at radius 2 is 2.00 bits per heavy atom. The smallest absolute Gasteiger partial charge is 0.128 e. The number of likely N-dealkylation sites (N-methyl/N-ethyl adjacent to an activating group) is 2. The van der Waals surface area contributed by atoms with Gasteiger partial charge in [-0.25, -0.2) is 4.98 Å². The summed E-state index contributed by atoms with van der Waals surface area (Å²) in [5.41, 5.74) is 1.57. The van der Waals surface area contributed by atoms with Crippen molar-refractivity contribution in [2.24, 2.45) is 0 Å². The summed E-state index contributed by atoms with van der Waals surface area (Å²) in [4.78, 5) is 9.22. The van der Waals surface area contributed by atoms with E-state index in [0.29, 0.717) is 5.54 Å². The topological polar surface area (TPSA) is 31.4 Å². The molecule has 0 radical (unpaired) electrons. The van der Waals surface area contributed by atoms with Gasteiger partial charge in [0.25, 0.3) is 0 Å². The van der Waals surface area contributed by atoms with E-state index in [2.05, 4.69) is 53.4 Å². The molecule has 4 heteroatoms. The Hall–Kier alpha value is -1.13. The third kappa shape index (κ3) is 3.07.